The van der Waals surface area contributed by atoms with Crippen LogP contribution < -0.4 is 14.8 Å². The van der Waals surface area contributed by atoms with Crippen molar-refractivity contribution < 1.29 is 24.2 Å². The van der Waals surface area contributed by atoms with Gasteiger partial charge in [0, 0.05) is 0 Å². The molecule has 0 saturated carbocycles. The maximum absolute atomic E-state index is 12.6. The second-order valence-electron chi connectivity index (χ2n) is 7.08. The number of benzene rings is 1. The van der Waals surface area contributed by atoms with Gasteiger partial charge in [0.1, 0.15) is 18.2 Å². The van der Waals surface area contributed by atoms with Gasteiger partial charge < -0.3 is 19.9 Å². The van der Waals surface area contributed by atoms with Gasteiger partial charge in [-0.25, -0.2) is 4.79 Å². The van der Waals surface area contributed by atoms with Crippen molar-refractivity contribution in [3.8, 4) is 11.5 Å². The zero-order valence-electron chi connectivity index (χ0n) is 16.5. The van der Waals surface area contributed by atoms with E-state index in [9.17, 15) is 14.7 Å². The highest BCUT2D eigenvalue weighted by Crippen LogP contribution is 2.29. The van der Waals surface area contributed by atoms with E-state index in [0.29, 0.717) is 11.5 Å². The normalized spacial score (nSPS) is 21.1. The smallest absolute Gasteiger partial charge is 0.325 e. The largest absolute Gasteiger partial charge is 0.493 e. The number of aliphatic hydroxyl groups is 1. The highest BCUT2D eigenvalue weighted by Gasteiger charge is 2.49. The highest BCUT2D eigenvalue weighted by molar-refractivity contribution is 6.07. The number of rotatable bonds is 8. The number of imide groups is 1. The summed E-state index contributed by atoms with van der Waals surface area (Å²) in [5.41, 5.74) is 0.0123. The van der Waals surface area contributed by atoms with Crippen molar-refractivity contribution in [2.45, 2.75) is 39.3 Å². The van der Waals surface area contributed by atoms with Crippen LogP contribution in [0.1, 0.15) is 33.3 Å². The molecule has 1 heterocycles. The standard InChI is InChI=1S/C20H28N2O5/c1-6-7-14-8-9-16(17(10-14)26-5)27-12-15(23)11-22-18(24)20(4,13(2)3)21-19(22)25/h6-10,13,15,23H,11-12H2,1-5H3,(H,21,25)/b7-6-/t15-,20+/m1/s1. The number of hydrogen-bond acceptors (Lipinski definition) is 5. The Morgan fingerprint density at radius 2 is 2.00 bits per heavy atom. The Bertz CT molecular complexity index is 731. The number of aliphatic hydroxyl groups excluding tert-OH is 1. The average Bonchev–Trinajstić information content (AvgIpc) is 2.85. The van der Waals surface area contributed by atoms with Crippen molar-refractivity contribution in [1.29, 1.82) is 0 Å². The number of carbonyl (C=O) groups excluding carboxylic acids is 2. The summed E-state index contributed by atoms with van der Waals surface area (Å²) in [6.45, 7) is 7.14. The number of urea groups is 1. The number of allylic oxidation sites excluding steroid dienone is 1. The van der Waals surface area contributed by atoms with Crippen LogP contribution in [0.5, 0.6) is 11.5 Å². The fourth-order valence-corrected chi connectivity index (χ4v) is 2.82. The molecular weight excluding hydrogens is 348 g/mol. The van der Waals surface area contributed by atoms with E-state index >= 15 is 0 Å². The molecule has 2 N–H and O–H groups in total. The number of carbonyl (C=O) groups is 2. The molecule has 0 aromatic heterocycles. The van der Waals surface area contributed by atoms with Crippen LogP contribution in [-0.2, 0) is 4.79 Å². The van der Waals surface area contributed by atoms with Crippen molar-refractivity contribution in [2.75, 3.05) is 20.3 Å². The monoisotopic (exact) mass is 376 g/mol. The summed E-state index contributed by atoms with van der Waals surface area (Å²) in [4.78, 5) is 25.7. The van der Waals surface area contributed by atoms with E-state index in [2.05, 4.69) is 5.32 Å². The molecule has 7 heteroatoms. The molecule has 7 nitrogen and oxygen atoms in total. The molecule has 1 aliphatic rings. The number of β-amino-alcohol motifs (C(OH)–C–C–N with tert-alkyl or cyclic N) is 1. The first-order valence-corrected chi connectivity index (χ1v) is 8.98. The summed E-state index contributed by atoms with van der Waals surface area (Å²) in [7, 11) is 1.54. The Morgan fingerprint density at radius 1 is 1.30 bits per heavy atom. The third-order valence-electron chi connectivity index (χ3n) is 4.83. The van der Waals surface area contributed by atoms with Gasteiger partial charge in [0.15, 0.2) is 11.5 Å². The van der Waals surface area contributed by atoms with Gasteiger partial charge in [-0.2, -0.15) is 0 Å². The van der Waals surface area contributed by atoms with Gasteiger partial charge in [-0.3, -0.25) is 9.69 Å². The lowest BCUT2D eigenvalue weighted by Gasteiger charge is -2.26. The lowest BCUT2D eigenvalue weighted by molar-refractivity contribution is -0.133. The van der Waals surface area contributed by atoms with E-state index in [1.807, 2.05) is 45.1 Å². The second kappa shape index (κ2) is 8.43. The summed E-state index contributed by atoms with van der Waals surface area (Å²) in [5.74, 6) is 0.622. The molecular formula is C20H28N2O5. The maximum atomic E-state index is 12.6. The minimum Gasteiger partial charge on any atom is -0.493 e. The van der Waals surface area contributed by atoms with Crippen molar-refractivity contribution in [3.63, 3.8) is 0 Å². The molecule has 3 amide bonds. The van der Waals surface area contributed by atoms with Gasteiger partial charge in [-0.1, -0.05) is 32.1 Å². The van der Waals surface area contributed by atoms with Crippen LogP contribution in [0.15, 0.2) is 24.3 Å². The number of nitrogens with one attached hydrogen (secondary N) is 1. The summed E-state index contributed by atoms with van der Waals surface area (Å²) in [6.07, 6.45) is 2.83. The van der Waals surface area contributed by atoms with Crippen LogP contribution in [0.3, 0.4) is 0 Å². The Labute approximate surface area is 159 Å². The Balaban J connectivity index is 2.00. The number of ether oxygens (including phenoxy) is 2. The molecule has 1 fully saturated rings. The molecule has 0 aliphatic carbocycles. The second-order valence-corrected chi connectivity index (χ2v) is 7.08. The van der Waals surface area contributed by atoms with E-state index in [1.54, 1.807) is 13.0 Å². The quantitative estimate of drug-likeness (QED) is 0.681. The Kier molecular flexibility index (Phi) is 6.49. The van der Waals surface area contributed by atoms with E-state index in [0.717, 1.165) is 10.5 Å². The number of nitrogens with zero attached hydrogens (tertiary/aromatic N) is 1. The van der Waals surface area contributed by atoms with Gasteiger partial charge in [-0.05, 0) is 37.5 Å². The van der Waals surface area contributed by atoms with E-state index < -0.39 is 17.7 Å². The van der Waals surface area contributed by atoms with Crippen LogP contribution in [0, 0.1) is 5.92 Å². The van der Waals surface area contributed by atoms with Gasteiger partial charge in [-0.15, -0.1) is 0 Å². The van der Waals surface area contributed by atoms with Crippen molar-refractivity contribution in [3.05, 3.63) is 29.8 Å². The average molecular weight is 376 g/mol. The molecule has 1 aromatic carbocycles. The zero-order chi connectivity index (χ0) is 20.2. The predicted octanol–water partition coefficient (Wildman–Crippen LogP) is 2.43. The lowest BCUT2D eigenvalue weighted by Crippen LogP contribution is -2.49. The molecule has 0 radical (unpaired) electrons. The minimum atomic E-state index is -1.02. The molecule has 2 rings (SSSR count). The van der Waals surface area contributed by atoms with Crippen LogP contribution in [0.25, 0.3) is 6.08 Å². The lowest BCUT2D eigenvalue weighted by atomic mass is 9.88. The molecule has 0 bridgehead atoms. The fraction of sp³-hybridized carbons (Fsp3) is 0.500. The van der Waals surface area contributed by atoms with Crippen LogP contribution in [-0.4, -0.2) is 53.8 Å². The summed E-state index contributed by atoms with van der Waals surface area (Å²) < 4.78 is 11.0. The van der Waals surface area contributed by atoms with Crippen LogP contribution in [0.4, 0.5) is 4.79 Å². The minimum absolute atomic E-state index is 0.0627. The third kappa shape index (κ3) is 4.42. The topological polar surface area (TPSA) is 88.1 Å². The van der Waals surface area contributed by atoms with Crippen molar-refractivity contribution >= 4 is 18.0 Å². The first kappa shape index (κ1) is 20.8. The van der Waals surface area contributed by atoms with E-state index in [4.69, 9.17) is 9.47 Å². The molecule has 0 spiro atoms. The van der Waals surface area contributed by atoms with Crippen LogP contribution >= 0.6 is 0 Å². The number of amides is 3. The molecule has 1 aromatic rings. The first-order chi connectivity index (χ1) is 12.7. The molecule has 1 aliphatic heterocycles. The third-order valence-corrected chi connectivity index (χ3v) is 4.83. The zero-order valence-corrected chi connectivity index (χ0v) is 16.5. The molecule has 2 atom stereocenters. The summed E-state index contributed by atoms with van der Waals surface area (Å²) in [6, 6.07) is 4.96. The predicted molar refractivity (Wildman–Crippen MR) is 103 cm³/mol. The van der Waals surface area contributed by atoms with Crippen molar-refractivity contribution in [2.24, 2.45) is 5.92 Å². The van der Waals surface area contributed by atoms with Gasteiger partial charge in [0.2, 0.25) is 0 Å². The highest BCUT2D eigenvalue weighted by atomic mass is 16.5. The van der Waals surface area contributed by atoms with Gasteiger partial charge >= 0.3 is 6.03 Å². The number of methoxy groups -OCH3 is 1. The molecule has 148 valence electrons. The Hall–Kier alpha value is -2.54. The van der Waals surface area contributed by atoms with Gasteiger partial charge in [0.25, 0.3) is 5.91 Å². The Morgan fingerprint density at radius 3 is 2.56 bits per heavy atom. The molecule has 0 unspecified atom stereocenters. The van der Waals surface area contributed by atoms with Crippen LogP contribution in [0.2, 0.25) is 0 Å². The van der Waals surface area contributed by atoms with E-state index in [1.165, 1.54) is 7.11 Å². The first-order valence-electron chi connectivity index (χ1n) is 8.98. The fourth-order valence-electron chi connectivity index (χ4n) is 2.82. The maximum Gasteiger partial charge on any atom is 0.325 e. The summed E-state index contributed by atoms with van der Waals surface area (Å²) >= 11 is 0. The van der Waals surface area contributed by atoms with E-state index in [-0.39, 0.29) is 25.0 Å². The molecule has 27 heavy (non-hydrogen) atoms. The van der Waals surface area contributed by atoms with Gasteiger partial charge in [0.05, 0.1) is 13.7 Å². The van der Waals surface area contributed by atoms with Crippen molar-refractivity contribution in [1.82, 2.24) is 10.2 Å². The SMILES string of the molecule is C/C=C\c1ccc(OC[C@H](O)CN2C(=O)N[C@@](C)(C(C)C)C2=O)c(OC)c1. The number of hydrogen-bond donors (Lipinski definition) is 2. The summed E-state index contributed by atoms with van der Waals surface area (Å²) in [5, 5.41) is 13.0. The molecule has 1 saturated heterocycles.